The van der Waals surface area contributed by atoms with Crippen molar-refractivity contribution in [1.82, 2.24) is 5.32 Å². The summed E-state index contributed by atoms with van der Waals surface area (Å²) in [4.78, 5) is 0. The van der Waals surface area contributed by atoms with Gasteiger partial charge in [-0.25, -0.2) is 0 Å². The molecule has 0 aromatic heterocycles. The second kappa shape index (κ2) is 6.02. The molecule has 1 N–H and O–H groups in total. The van der Waals surface area contributed by atoms with Crippen LogP contribution >= 0.6 is 9.24 Å². The molecule has 0 aliphatic carbocycles. The summed E-state index contributed by atoms with van der Waals surface area (Å²) < 4.78 is 26.2. The molecule has 0 aromatic rings. The first-order chi connectivity index (χ1) is 6.82. The Bertz CT molecular complexity index is 281. The summed E-state index contributed by atoms with van der Waals surface area (Å²) >= 11 is 0. The first-order valence-corrected chi connectivity index (χ1v) is 5.32. The normalized spacial score (nSPS) is 14.0. The number of alkyl halides is 2. The van der Waals surface area contributed by atoms with Gasteiger partial charge in [0.2, 0.25) is 0 Å². The third-order valence-electron chi connectivity index (χ3n) is 1.97. The minimum absolute atomic E-state index is 0.0614. The number of halogens is 2. The summed E-state index contributed by atoms with van der Waals surface area (Å²) in [5.41, 5.74) is -1.70. The van der Waals surface area contributed by atoms with Crippen LogP contribution in [0.2, 0.25) is 0 Å². The third-order valence-corrected chi connectivity index (χ3v) is 2.28. The quantitative estimate of drug-likeness (QED) is 0.566. The Morgan fingerprint density at radius 3 is 2.27 bits per heavy atom. The minimum Gasteiger partial charge on any atom is -0.391 e. The van der Waals surface area contributed by atoms with E-state index >= 15 is 0 Å². The molecule has 4 heteroatoms. The Balaban J connectivity index is 5.03. The van der Waals surface area contributed by atoms with Gasteiger partial charge >= 0.3 is 0 Å². The maximum Gasteiger partial charge on any atom is 0.284 e. The van der Waals surface area contributed by atoms with Crippen LogP contribution in [0.25, 0.3) is 0 Å². The molecule has 0 aliphatic rings. The summed E-state index contributed by atoms with van der Waals surface area (Å²) in [5, 5.41) is 2.93. The van der Waals surface area contributed by atoms with E-state index in [0.29, 0.717) is 5.57 Å². The van der Waals surface area contributed by atoms with Crippen LogP contribution < -0.4 is 5.32 Å². The van der Waals surface area contributed by atoms with Gasteiger partial charge in [-0.3, -0.25) is 0 Å². The predicted octanol–water partition coefficient (Wildman–Crippen LogP) is 3.47. The second-order valence-corrected chi connectivity index (χ2v) is 4.00. The standard InChI is InChI=1S/C11H18F2NP/c1-5-9(14-4)6-7-10(8(2)3)11(12,13)15/h6-7,14H,2,5,15H2,1,3-4H3/b9-6+,10-7+. The zero-order chi connectivity index (χ0) is 12.1. The highest BCUT2D eigenvalue weighted by atomic mass is 31.0. The van der Waals surface area contributed by atoms with E-state index in [2.05, 4.69) is 11.9 Å². The molecule has 0 rings (SSSR count). The Morgan fingerprint density at radius 2 is 2.00 bits per heavy atom. The largest absolute Gasteiger partial charge is 0.391 e. The van der Waals surface area contributed by atoms with Gasteiger partial charge in [-0.05, 0) is 25.0 Å². The zero-order valence-corrected chi connectivity index (χ0v) is 10.6. The maximum absolute atomic E-state index is 13.1. The fourth-order valence-corrected chi connectivity index (χ4v) is 1.44. The average molecular weight is 233 g/mol. The molecule has 0 aliphatic heterocycles. The van der Waals surface area contributed by atoms with E-state index in [0.717, 1.165) is 12.1 Å². The van der Waals surface area contributed by atoms with E-state index < -0.39 is 5.66 Å². The minimum atomic E-state index is -2.92. The van der Waals surface area contributed by atoms with Crippen molar-refractivity contribution in [1.29, 1.82) is 0 Å². The fraction of sp³-hybridized carbons (Fsp3) is 0.455. The lowest BCUT2D eigenvalue weighted by Gasteiger charge is -2.14. The molecule has 0 aromatic carbocycles. The van der Waals surface area contributed by atoms with Crippen molar-refractivity contribution < 1.29 is 8.78 Å². The molecule has 0 heterocycles. The van der Waals surface area contributed by atoms with E-state index in [9.17, 15) is 8.78 Å². The van der Waals surface area contributed by atoms with Crippen LogP contribution in [0.15, 0.2) is 35.6 Å². The fourth-order valence-electron chi connectivity index (χ4n) is 1.10. The highest BCUT2D eigenvalue weighted by Crippen LogP contribution is 2.35. The summed E-state index contributed by atoms with van der Waals surface area (Å²) in [6.45, 7) is 7.07. The van der Waals surface area contributed by atoms with Crippen molar-refractivity contribution in [3.05, 3.63) is 35.6 Å². The van der Waals surface area contributed by atoms with E-state index in [1.54, 1.807) is 20.0 Å². The van der Waals surface area contributed by atoms with Crippen LogP contribution in [0.5, 0.6) is 0 Å². The topological polar surface area (TPSA) is 12.0 Å². The molecule has 0 fully saturated rings. The highest BCUT2D eigenvalue weighted by Gasteiger charge is 2.27. The van der Waals surface area contributed by atoms with Crippen LogP contribution in [0.3, 0.4) is 0 Å². The number of allylic oxidation sites excluding steroid dienone is 5. The Labute approximate surface area is 92.5 Å². The van der Waals surface area contributed by atoms with Crippen molar-refractivity contribution in [2.45, 2.75) is 25.9 Å². The summed E-state index contributed by atoms with van der Waals surface area (Å²) in [6, 6.07) is 0. The van der Waals surface area contributed by atoms with Crippen LogP contribution in [-0.2, 0) is 0 Å². The van der Waals surface area contributed by atoms with E-state index in [-0.39, 0.29) is 5.57 Å². The number of hydrogen-bond donors (Lipinski definition) is 1. The highest BCUT2D eigenvalue weighted by molar-refractivity contribution is 7.18. The van der Waals surface area contributed by atoms with Crippen LogP contribution in [-0.4, -0.2) is 12.7 Å². The van der Waals surface area contributed by atoms with Gasteiger partial charge in [0.15, 0.2) is 0 Å². The molecular weight excluding hydrogens is 215 g/mol. The molecule has 1 unspecified atom stereocenters. The van der Waals surface area contributed by atoms with E-state index in [4.69, 9.17) is 0 Å². The van der Waals surface area contributed by atoms with Gasteiger partial charge in [0.25, 0.3) is 5.66 Å². The second-order valence-electron chi connectivity index (χ2n) is 3.28. The molecule has 0 bridgehead atoms. The third kappa shape index (κ3) is 5.08. The summed E-state index contributed by atoms with van der Waals surface area (Å²) in [6.07, 6.45) is 3.84. The number of rotatable bonds is 5. The molecular formula is C11H18F2NP. The van der Waals surface area contributed by atoms with Crippen molar-refractivity contribution in [3.63, 3.8) is 0 Å². The molecule has 1 atom stereocenters. The first kappa shape index (κ1) is 14.3. The van der Waals surface area contributed by atoms with Crippen molar-refractivity contribution in [2.24, 2.45) is 0 Å². The van der Waals surface area contributed by atoms with Crippen LogP contribution in [0.1, 0.15) is 20.3 Å². The molecule has 0 saturated carbocycles. The van der Waals surface area contributed by atoms with Crippen LogP contribution in [0, 0.1) is 0 Å². The van der Waals surface area contributed by atoms with Gasteiger partial charge in [-0.1, -0.05) is 28.8 Å². The van der Waals surface area contributed by atoms with Gasteiger partial charge in [-0.2, -0.15) is 8.78 Å². The van der Waals surface area contributed by atoms with Gasteiger partial charge < -0.3 is 5.32 Å². The Hall–Kier alpha value is -0.690. The zero-order valence-electron chi connectivity index (χ0n) is 9.40. The van der Waals surface area contributed by atoms with Crippen molar-refractivity contribution >= 4 is 9.24 Å². The monoisotopic (exact) mass is 233 g/mol. The average Bonchev–Trinajstić information content (AvgIpc) is 2.09. The van der Waals surface area contributed by atoms with Gasteiger partial charge in [0, 0.05) is 18.3 Å². The first-order valence-electron chi connectivity index (χ1n) is 4.74. The molecule has 0 amide bonds. The smallest absolute Gasteiger partial charge is 0.284 e. The van der Waals surface area contributed by atoms with Crippen LogP contribution in [0.4, 0.5) is 8.78 Å². The number of hydrogen-bond acceptors (Lipinski definition) is 1. The molecule has 15 heavy (non-hydrogen) atoms. The Morgan fingerprint density at radius 1 is 1.47 bits per heavy atom. The molecule has 0 radical (unpaired) electrons. The van der Waals surface area contributed by atoms with E-state index in [1.807, 2.05) is 6.92 Å². The van der Waals surface area contributed by atoms with Crippen molar-refractivity contribution in [2.75, 3.05) is 7.05 Å². The summed E-state index contributed by atoms with van der Waals surface area (Å²) in [7, 11) is 3.29. The predicted molar refractivity (Wildman–Crippen MR) is 65.0 cm³/mol. The number of nitrogens with one attached hydrogen (secondary N) is 1. The van der Waals surface area contributed by atoms with Gasteiger partial charge in [0.1, 0.15) is 0 Å². The SMILES string of the molecule is C=C(C)/C(=C\C=C(/CC)NC)C(F)(F)P. The van der Waals surface area contributed by atoms with Gasteiger partial charge in [-0.15, -0.1) is 0 Å². The molecule has 0 spiro atoms. The lowest BCUT2D eigenvalue weighted by atomic mass is 10.1. The summed E-state index contributed by atoms with van der Waals surface area (Å²) in [5.74, 6) is 0. The Kier molecular flexibility index (Phi) is 5.74. The lowest BCUT2D eigenvalue weighted by molar-refractivity contribution is 0.149. The van der Waals surface area contributed by atoms with Crippen molar-refractivity contribution in [3.8, 4) is 0 Å². The molecule has 86 valence electrons. The van der Waals surface area contributed by atoms with Gasteiger partial charge in [0.05, 0.1) is 0 Å². The van der Waals surface area contributed by atoms with E-state index in [1.165, 1.54) is 15.3 Å². The maximum atomic E-state index is 13.1. The molecule has 1 nitrogen and oxygen atoms in total. The lowest BCUT2D eigenvalue weighted by Crippen LogP contribution is -2.10. The molecule has 0 saturated heterocycles.